The molecule has 1 atom stereocenters. The molecule has 0 saturated carbocycles. The van der Waals surface area contributed by atoms with Gasteiger partial charge in [0.25, 0.3) is 0 Å². The third-order valence-corrected chi connectivity index (χ3v) is 5.07. The third-order valence-electron chi connectivity index (χ3n) is 5.07. The van der Waals surface area contributed by atoms with Gasteiger partial charge in [0.15, 0.2) is 0 Å². The molecule has 3 rings (SSSR count). The van der Waals surface area contributed by atoms with E-state index in [1.807, 2.05) is 17.9 Å². The fourth-order valence-corrected chi connectivity index (χ4v) is 3.71. The number of rotatable bonds is 5. The Labute approximate surface area is 134 Å². The molecule has 0 radical (unpaired) electrons. The minimum absolute atomic E-state index is 0.211. The van der Waals surface area contributed by atoms with Gasteiger partial charge in [0.05, 0.1) is 12.8 Å². The van der Waals surface area contributed by atoms with Crippen LogP contribution in [0.15, 0.2) is 12.4 Å². The van der Waals surface area contributed by atoms with Crippen molar-refractivity contribution in [2.24, 2.45) is 7.05 Å². The van der Waals surface area contributed by atoms with Crippen LogP contribution in [0.1, 0.15) is 38.2 Å². The molecule has 2 aliphatic rings. The maximum atomic E-state index is 6.09. The topological polar surface area (TPSA) is 33.5 Å². The monoisotopic (exact) mass is 306 g/mol. The van der Waals surface area contributed by atoms with Crippen molar-refractivity contribution in [1.82, 2.24) is 19.6 Å². The van der Waals surface area contributed by atoms with Crippen LogP contribution in [0.2, 0.25) is 0 Å². The van der Waals surface area contributed by atoms with E-state index >= 15 is 0 Å². The maximum Gasteiger partial charge on any atom is 0.106 e. The van der Waals surface area contributed by atoms with E-state index in [0.29, 0.717) is 0 Å². The molecule has 0 aromatic carbocycles. The van der Waals surface area contributed by atoms with E-state index in [2.05, 4.69) is 28.0 Å². The number of nitrogens with zero attached hydrogens (tertiary/aromatic N) is 4. The summed E-state index contributed by atoms with van der Waals surface area (Å²) >= 11 is 0. The summed E-state index contributed by atoms with van der Waals surface area (Å²) in [7, 11) is 1.96. The van der Waals surface area contributed by atoms with Crippen LogP contribution in [0, 0.1) is 0 Å². The van der Waals surface area contributed by atoms with E-state index in [1.165, 1.54) is 57.4 Å². The van der Waals surface area contributed by atoms with E-state index in [4.69, 9.17) is 4.74 Å². The molecular weight excluding hydrogens is 276 g/mol. The van der Waals surface area contributed by atoms with Crippen LogP contribution in [0.5, 0.6) is 0 Å². The fourth-order valence-electron chi connectivity index (χ4n) is 3.71. The lowest BCUT2D eigenvalue weighted by Gasteiger charge is -2.40. The SMILES string of the molecule is Cn1cc(C2(C)CN(CCCN3CCCCC3)CCO2)cn1. The lowest BCUT2D eigenvalue weighted by molar-refractivity contribution is -0.103. The van der Waals surface area contributed by atoms with Crippen LogP contribution in [-0.4, -0.2) is 65.5 Å². The summed E-state index contributed by atoms with van der Waals surface area (Å²) in [6, 6.07) is 0. The molecule has 2 saturated heterocycles. The first-order valence-electron chi connectivity index (χ1n) is 8.73. The van der Waals surface area contributed by atoms with Gasteiger partial charge in [-0.05, 0) is 52.4 Å². The Hall–Kier alpha value is -0.910. The van der Waals surface area contributed by atoms with Gasteiger partial charge in [-0.2, -0.15) is 5.10 Å². The maximum absolute atomic E-state index is 6.09. The van der Waals surface area contributed by atoms with Gasteiger partial charge in [-0.3, -0.25) is 9.58 Å². The number of likely N-dealkylation sites (tertiary alicyclic amines) is 1. The third kappa shape index (κ3) is 3.89. The average molecular weight is 306 g/mol. The molecule has 2 aliphatic heterocycles. The number of hydrogen-bond donors (Lipinski definition) is 0. The molecule has 2 fully saturated rings. The molecule has 22 heavy (non-hydrogen) atoms. The fraction of sp³-hybridized carbons (Fsp3) is 0.824. The van der Waals surface area contributed by atoms with Gasteiger partial charge in [-0.1, -0.05) is 6.42 Å². The van der Waals surface area contributed by atoms with Crippen LogP contribution in [0.4, 0.5) is 0 Å². The van der Waals surface area contributed by atoms with E-state index in [1.54, 1.807) is 0 Å². The Morgan fingerprint density at radius 2 is 1.91 bits per heavy atom. The highest BCUT2D eigenvalue weighted by molar-refractivity contribution is 5.16. The van der Waals surface area contributed by atoms with Crippen molar-refractivity contribution in [2.45, 2.75) is 38.2 Å². The zero-order valence-electron chi connectivity index (χ0n) is 14.1. The minimum atomic E-state index is -0.211. The Morgan fingerprint density at radius 3 is 2.64 bits per heavy atom. The van der Waals surface area contributed by atoms with Crippen molar-refractivity contribution in [3.05, 3.63) is 18.0 Å². The van der Waals surface area contributed by atoms with Gasteiger partial charge < -0.3 is 9.64 Å². The smallest absolute Gasteiger partial charge is 0.106 e. The van der Waals surface area contributed by atoms with Gasteiger partial charge in [-0.25, -0.2) is 0 Å². The zero-order chi connectivity index (χ0) is 15.4. The molecular formula is C17H30N4O. The highest BCUT2D eigenvalue weighted by atomic mass is 16.5. The Morgan fingerprint density at radius 1 is 1.14 bits per heavy atom. The molecule has 0 N–H and O–H groups in total. The molecule has 1 aromatic rings. The first-order valence-corrected chi connectivity index (χ1v) is 8.73. The van der Waals surface area contributed by atoms with Crippen molar-refractivity contribution in [3.8, 4) is 0 Å². The van der Waals surface area contributed by atoms with Crippen LogP contribution >= 0.6 is 0 Å². The molecule has 5 heteroatoms. The van der Waals surface area contributed by atoms with Crippen LogP contribution < -0.4 is 0 Å². The first-order chi connectivity index (χ1) is 10.7. The number of hydrogen-bond acceptors (Lipinski definition) is 4. The molecule has 124 valence electrons. The lowest BCUT2D eigenvalue weighted by Crippen LogP contribution is -2.48. The highest BCUT2D eigenvalue weighted by Crippen LogP contribution is 2.29. The summed E-state index contributed by atoms with van der Waals surface area (Å²) < 4.78 is 7.95. The van der Waals surface area contributed by atoms with Crippen molar-refractivity contribution in [1.29, 1.82) is 0 Å². The van der Waals surface area contributed by atoms with Gasteiger partial charge in [0.2, 0.25) is 0 Å². The number of aromatic nitrogens is 2. The summed E-state index contributed by atoms with van der Waals surface area (Å²) in [6.07, 6.45) is 9.48. The number of ether oxygens (including phenoxy) is 1. The van der Waals surface area contributed by atoms with E-state index in [0.717, 1.165) is 19.7 Å². The molecule has 1 unspecified atom stereocenters. The van der Waals surface area contributed by atoms with Crippen LogP contribution in [-0.2, 0) is 17.4 Å². The zero-order valence-corrected chi connectivity index (χ0v) is 14.1. The van der Waals surface area contributed by atoms with Crippen molar-refractivity contribution in [2.75, 3.05) is 45.9 Å². The minimum Gasteiger partial charge on any atom is -0.368 e. The molecule has 0 amide bonds. The molecule has 5 nitrogen and oxygen atoms in total. The van der Waals surface area contributed by atoms with Crippen LogP contribution in [0.3, 0.4) is 0 Å². The van der Waals surface area contributed by atoms with E-state index in [-0.39, 0.29) is 5.60 Å². The normalized spacial score (nSPS) is 28.1. The Kier molecular flexibility index (Phi) is 5.16. The Bertz CT molecular complexity index is 469. The first kappa shape index (κ1) is 16.0. The van der Waals surface area contributed by atoms with Crippen molar-refractivity contribution >= 4 is 0 Å². The van der Waals surface area contributed by atoms with Crippen molar-refractivity contribution in [3.63, 3.8) is 0 Å². The second-order valence-electron chi connectivity index (χ2n) is 7.01. The number of morpholine rings is 1. The molecule has 0 spiro atoms. The number of piperidine rings is 1. The predicted octanol–water partition coefficient (Wildman–Crippen LogP) is 1.84. The van der Waals surface area contributed by atoms with Gasteiger partial charge in [-0.15, -0.1) is 0 Å². The average Bonchev–Trinajstić information content (AvgIpc) is 2.96. The summed E-state index contributed by atoms with van der Waals surface area (Å²) in [5.74, 6) is 0. The summed E-state index contributed by atoms with van der Waals surface area (Å²) in [5, 5.41) is 4.30. The quantitative estimate of drug-likeness (QED) is 0.831. The van der Waals surface area contributed by atoms with Crippen molar-refractivity contribution < 1.29 is 4.74 Å². The van der Waals surface area contributed by atoms with Gasteiger partial charge in [0.1, 0.15) is 5.60 Å². The largest absolute Gasteiger partial charge is 0.368 e. The van der Waals surface area contributed by atoms with Crippen LogP contribution in [0.25, 0.3) is 0 Å². The second-order valence-corrected chi connectivity index (χ2v) is 7.01. The summed E-state index contributed by atoms with van der Waals surface area (Å²) in [5.41, 5.74) is 0.980. The van der Waals surface area contributed by atoms with Gasteiger partial charge in [0, 0.05) is 31.9 Å². The standard InChI is InChI=1S/C17H30N4O/c1-17(16-13-18-19(2)14-16)15-21(11-12-22-17)10-6-9-20-7-4-3-5-8-20/h13-14H,3-12,15H2,1-2H3. The van der Waals surface area contributed by atoms with Gasteiger partial charge >= 0.3 is 0 Å². The molecule has 0 aliphatic carbocycles. The summed E-state index contributed by atoms with van der Waals surface area (Å²) in [4.78, 5) is 5.19. The Balaban J connectivity index is 1.48. The van der Waals surface area contributed by atoms with E-state index < -0.39 is 0 Å². The predicted molar refractivity (Wildman–Crippen MR) is 87.9 cm³/mol. The number of aryl methyl sites for hydroxylation is 1. The second kappa shape index (κ2) is 7.11. The molecule has 3 heterocycles. The lowest BCUT2D eigenvalue weighted by atomic mass is 9.97. The summed E-state index contributed by atoms with van der Waals surface area (Å²) in [6.45, 7) is 10.1. The van der Waals surface area contributed by atoms with E-state index in [9.17, 15) is 0 Å². The highest BCUT2D eigenvalue weighted by Gasteiger charge is 2.34. The molecule has 1 aromatic heterocycles. The molecule has 0 bridgehead atoms.